The highest BCUT2D eigenvalue weighted by Gasteiger charge is 2.26. The van der Waals surface area contributed by atoms with E-state index in [1.54, 1.807) is 6.92 Å². The second-order valence-corrected chi connectivity index (χ2v) is 3.16. The molecule has 0 bridgehead atoms. The summed E-state index contributed by atoms with van der Waals surface area (Å²) in [6.07, 6.45) is 0.316. The van der Waals surface area contributed by atoms with Crippen LogP contribution >= 0.6 is 0 Å². The number of methoxy groups -OCH3 is 1. The number of nitro benzene ring substituents is 1. The van der Waals surface area contributed by atoms with Crippen LogP contribution < -0.4 is 5.32 Å². The summed E-state index contributed by atoms with van der Waals surface area (Å²) in [5, 5.41) is 13.1. The molecule has 0 saturated carbocycles. The highest BCUT2D eigenvalue weighted by molar-refractivity contribution is 5.98. The fraction of sp³-hybridized carbons (Fsp3) is 0.200. The maximum Gasteiger partial charge on any atom is 0.344 e. The molecule has 0 aliphatic carbocycles. The van der Waals surface area contributed by atoms with Crippen molar-refractivity contribution in [2.45, 2.75) is 6.92 Å². The molecule has 1 aromatic carbocycles. The van der Waals surface area contributed by atoms with Gasteiger partial charge >= 0.3 is 11.7 Å². The fourth-order valence-corrected chi connectivity index (χ4v) is 1.40. The molecule has 0 spiro atoms. The molecular formula is C10H10N2O5. The lowest BCUT2D eigenvalue weighted by Gasteiger charge is -2.08. The van der Waals surface area contributed by atoms with Gasteiger partial charge in [-0.2, -0.15) is 0 Å². The third-order valence-corrected chi connectivity index (χ3v) is 2.18. The van der Waals surface area contributed by atoms with Crippen LogP contribution in [0.3, 0.4) is 0 Å². The standard InChI is InChI=1S/C10H10N2O5/c1-6-3-4-7(10(14)17-2)9(12(15)16)8(6)11-5-13/h3-5H,1-2H3,(H,11,13). The lowest BCUT2D eigenvalue weighted by molar-refractivity contribution is -0.384. The van der Waals surface area contributed by atoms with Crippen LogP contribution in [0, 0.1) is 17.0 Å². The Balaban J connectivity index is 3.52. The zero-order valence-electron chi connectivity index (χ0n) is 9.22. The van der Waals surface area contributed by atoms with Crippen LogP contribution in [-0.4, -0.2) is 24.4 Å². The van der Waals surface area contributed by atoms with Crippen LogP contribution in [0.1, 0.15) is 15.9 Å². The number of ether oxygens (including phenoxy) is 1. The maximum absolute atomic E-state index is 11.4. The van der Waals surface area contributed by atoms with Crippen LogP contribution in [0.4, 0.5) is 11.4 Å². The number of hydrogen-bond acceptors (Lipinski definition) is 5. The third kappa shape index (κ3) is 2.39. The van der Waals surface area contributed by atoms with Gasteiger partial charge in [0.15, 0.2) is 0 Å². The van der Waals surface area contributed by atoms with Crippen molar-refractivity contribution in [2.24, 2.45) is 0 Å². The first-order valence-corrected chi connectivity index (χ1v) is 4.59. The Bertz CT molecular complexity index is 484. The molecule has 1 amide bonds. The number of carbonyl (C=O) groups excluding carboxylic acids is 2. The summed E-state index contributed by atoms with van der Waals surface area (Å²) in [7, 11) is 1.12. The number of amides is 1. The summed E-state index contributed by atoms with van der Waals surface area (Å²) in [5.74, 6) is -0.828. The van der Waals surface area contributed by atoms with E-state index in [2.05, 4.69) is 10.1 Å². The van der Waals surface area contributed by atoms with Crippen LogP contribution in [0.25, 0.3) is 0 Å². The Hall–Kier alpha value is -2.44. The largest absolute Gasteiger partial charge is 0.465 e. The average Bonchev–Trinajstić information content (AvgIpc) is 2.30. The van der Waals surface area contributed by atoms with Crippen LogP contribution in [0.15, 0.2) is 12.1 Å². The summed E-state index contributed by atoms with van der Waals surface area (Å²) >= 11 is 0. The topological polar surface area (TPSA) is 98.5 Å². The first kappa shape index (κ1) is 12.6. The van der Waals surface area contributed by atoms with Crippen molar-refractivity contribution < 1.29 is 19.2 Å². The number of nitrogens with one attached hydrogen (secondary N) is 1. The van der Waals surface area contributed by atoms with Crippen molar-refractivity contribution in [1.82, 2.24) is 0 Å². The minimum Gasteiger partial charge on any atom is -0.465 e. The van der Waals surface area contributed by atoms with Crippen LogP contribution in [0.2, 0.25) is 0 Å². The van der Waals surface area contributed by atoms with E-state index < -0.39 is 16.6 Å². The number of anilines is 1. The number of hydrogen-bond donors (Lipinski definition) is 1. The number of esters is 1. The maximum atomic E-state index is 11.4. The van der Waals surface area contributed by atoms with E-state index in [0.717, 1.165) is 7.11 Å². The lowest BCUT2D eigenvalue weighted by atomic mass is 10.1. The number of nitro groups is 1. The van der Waals surface area contributed by atoms with Gasteiger partial charge in [0.25, 0.3) is 0 Å². The SMILES string of the molecule is COC(=O)c1ccc(C)c(NC=O)c1[N+](=O)[O-]. The minimum absolute atomic E-state index is 0.00657. The van der Waals surface area contributed by atoms with Gasteiger partial charge in [-0.25, -0.2) is 4.79 Å². The fourth-order valence-electron chi connectivity index (χ4n) is 1.40. The normalized spacial score (nSPS) is 9.53. The number of benzene rings is 1. The van der Waals surface area contributed by atoms with Crippen molar-refractivity contribution in [3.05, 3.63) is 33.4 Å². The Morgan fingerprint density at radius 2 is 2.18 bits per heavy atom. The monoisotopic (exact) mass is 238 g/mol. The second kappa shape index (κ2) is 5.06. The molecule has 0 heterocycles. The number of nitrogens with zero attached hydrogens (tertiary/aromatic N) is 1. The minimum atomic E-state index is -0.828. The third-order valence-electron chi connectivity index (χ3n) is 2.18. The van der Waals surface area contributed by atoms with E-state index in [4.69, 9.17) is 0 Å². The molecule has 0 aromatic heterocycles. The molecule has 90 valence electrons. The predicted octanol–water partition coefficient (Wildman–Crippen LogP) is 1.26. The predicted molar refractivity (Wildman–Crippen MR) is 58.9 cm³/mol. The molecule has 0 unspecified atom stereocenters. The van der Waals surface area contributed by atoms with E-state index >= 15 is 0 Å². The number of rotatable bonds is 4. The van der Waals surface area contributed by atoms with E-state index in [-0.39, 0.29) is 11.3 Å². The van der Waals surface area contributed by atoms with E-state index in [1.807, 2.05) is 0 Å². The Labute approximate surface area is 96.5 Å². The smallest absolute Gasteiger partial charge is 0.344 e. The van der Waals surface area contributed by atoms with Gasteiger partial charge in [0.2, 0.25) is 6.41 Å². The zero-order chi connectivity index (χ0) is 13.0. The molecule has 0 aliphatic rings. The molecular weight excluding hydrogens is 228 g/mol. The van der Waals surface area contributed by atoms with Gasteiger partial charge in [-0.15, -0.1) is 0 Å². The van der Waals surface area contributed by atoms with Crippen molar-refractivity contribution in [2.75, 3.05) is 12.4 Å². The quantitative estimate of drug-likeness (QED) is 0.368. The van der Waals surface area contributed by atoms with Crippen LogP contribution in [0.5, 0.6) is 0 Å². The van der Waals surface area contributed by atoms with Crippen LogP contribution in [-0.2, 0) is 9.53 Å². The van der Waals surface area contributed by atoms with Gasteiger partial charge in [-0.3, -0.25) is 14.9 Å². The van der Waals surface area contributed by atoms with Gasteiger partial charge in [-0.1, -0.05) is 6.07 Å². The molecule has 0 aliphatic heterocycles. The average molecular weight is 238 g/mol. The van der Waals surface area contributed by atoms with E-state index in [1.165, 1.54) is 12.1 Å². The van der Waals surface area contributed by atoms with Gasteiger partial charge in [0.1, 0.15) is 11.3 Å². The molecule has 1 rings (SSSR count). The number of carbonyl (C=O) groups is 2. The summed E-state index contributed by atoms with van der Waals surface area (Å²) in [6.45, 7) is 1.58. The molecule has 0 saturated heterocycles. The summed E-state index contributed by atoms with van der Waals surface area (Å²) in [5.41, 5.74) is -0.194. The Morgan fingerprint density at radius 3 is 2.65 bits per heavy atom. The second-order valence-electron chi connectivity index (χ2n) is 3.16. The van der Waals surface area contributed by atoms with E-state index in [9.17, 15) is 19.7 Å². The van der Waals surface area contributed by atoms with Crippen molar-refractivity contribution in [1.29, 1.82) is 0 Å². The highest BCUT2D eigenvalue weighted by Crippen LogP contribution is 2.32. The van der Waals surface area contributed by atoms with E-state index in [0.29, 0.717) is 12.0 Å². The molecule has 0 fully saturated rings. The molecule has 0 radical (unpaired) electrons. The van der Waals surface area contributed by atoms with Crippen molar-refractivity contribution in [3.63, 3.8) is 0 Å². The van der Waals surface area contributed by atoms with Gasteiger partial charge in [0, 0.05) is 0 Å². The summed E-state index contributed by atoms with van der Waals surface area (Å²) in [4.78, 5) is 32.0. The molecule has 1 N–H and O–H groups in total. The molecule has 7 nitrogen and oxygen atoms in total. The molecule has 7 heteroatoms. The zero-order valence-corrected chi connectivity index (χ0v) is 9.22. The molecule has 1 aromatic rings. The van der Waals surface area contributed by atoms with Crippen molar-refractivity contribution in [3.8, 4) is 0 Å². The lowest BCUT2D eigenvalue weighted by Crippen LogP contribution is -2.09. The van der Waals surface area contributed by atoms with Gasteiger partial charge < -0.3 is 10.1 Å². The van der Waals surface area contributed by atoms with Crippen molar-refractivity contribution >= 4 is 23.8 Å². The Kier molecular flexibility index (Phi) is 3.76. The van der Waals surface area contributed by atoms with Gasteiger partial charge in [0.05, 0.1) is 12.0 Å². The molecule has 0 atom stereocenters. The summed E-state index contributed by atoms with van der Waals surface area (Å²) in [6, 6.07) is 2.78. The number of aryl methyl sites for hydroxylation is 1. The Morgan fingerprint density at radius 1 is 1.53 bits per heavy atom. The van der Waals surface area contributed by atoms with Gasteiger partial charge in [-0.05, 0) is 18.6 Å². The first-order chi connectivity index (χ1) is 8.02. The molecule has 17 heavy (non-hydrogen) atoms. The first-order valence-electron chi connectivity index (χ1n) is 4.59. The summed E-state index contributed by atoms with van der Waals surface area (Å²) < 4.78 is 4.44. The highest BCUT2D eigenvalue weighted by atomic mass is 16.6.